The molecule has 2 amide bonds. The van der Waals surface area contributed by atoms with Gasteiger partial charge in [0.15, 0.2) is 11.7 Å². The molecule has 2 aromatic carbocycles. The van der Waals surface area contributed by atoms with E-state index in [0.29, 0.717) is 49.8 Å². The van der Waals surface area contributed by atoms with Crippen molar-refractivity contribution in [2.24, 2.45) is 16.5 Å². The van der Waals surface area contributed by atoms with Crippen molar-refractivity contribution in [1.82, 2.24) is 20.3 Å². The van der Waals surface area contributed by atoms with Gasteiger partial charge in [-0.2, -0.15) is 4.31 Å². The second-order valence-electron chi connectivity index (χ2n) is 12.1. The van der Waals surface area contributed by atoms with Crippen molar-refractivity contribution < 1.29 is 32.7 Å². The molecule has 3 atom stereocenters. The second-order valence-corrected chi connectivity index (χ2v) is 14.0. The predicted molar refractivity (Wildman–Crippen MR) is 186 cm³/mol. The third-order valence-corrected chi connectivity index (χ3v) is 10.2. The number of unbranched alkanes of at least 4 members (excludes halogenated alkanes) is 2. The van der Waals surface area contributed by atoms with Crippen LogP contribution in [0.3, 0.4) is 0 Å². The van der Waals surface area contributed by atoms with Crippen LogP contribution in [0.25, 0.3) is 0 Å². The molecule has 49 heavy (non-hydrogen) atoms. The van der Waals surface area contributed by atoms with Crippen molar-refractivity contribution in [1.29, 1.82) is 0 Å². The number of nitrogens with zero attached hydrogens (tertiary/aromatic N) is 2. The van der Waals surface area contributed by atoms with E-state index in [1.807, 2.05) is 7.05 Å². The average Bonchev–Trinajstić information content (AvgIpc) is 3.58. The summed E-state index contributed by atoms with van der Waals surface area (Å²) >= 11 is 0. The fraction of sp³-hybridized carbons (Fsp3) is 0.500. The van der Waals surface area contributed by atoms with E-state index in [1.165, 1.54) is 12.1 Å². The normalized spacial score (nSPS) is 16.0. The van der Waals surface area contributed by atoms with Crippen LogP contribution in [-0.2, 0) is 42.0 Å². The van der Waals surface area contributed by atoms with Crippen LogP contribution in [-0.4, -0.2) is 92.2 Å². The Morgan fingerprint density at radius 2 is 1.63 bits per heavy atom. The Balaban J connectivity index is 1.61. The third kappa shape index (κ3) is 12.6. The number of amides is 2. The van der Waals surface area contributed by atoms with E-state index < -0.39 is 40.0 Å². The zero-order valence-corrected chi connectivity index (χ0v) is 28.8. The molecule has 1 aliphatic heterocycles. The number of guanidine groups is 1. The highest BCUT2D eigenvalue weighted by Gasteiger charge is 2.40. The number of carbonyl (C=O) groups is 4. The molecule has 8 N–H and O–H groups in total. The zero-order chi connectivity index (χ0) is 35.8. The van der Waals surface area contributed by atoms with Crippen molar-refractivity contribution in [2.45, 2.75) is 87.2 Å². The Hall–Kier alpha value is -4.34. The van der Waals surface area contributed by atoms with Gasteiger partial charge in [-0.15, -0.1) is 0 Å². The van der Waals surface area contributed by atoms with Crippen molar-refractivity contribution in [3.05, 3.63) is 65.7 Å². The number of aliphatic carboxylic acids is 1. The Labute approximate surface area is 288 Å². The van der Waals surface area contributed by atoms with E-state index in [-0.39, 0.29) is 48.4 Å². The Kier molecular flexibility index (Phi) is 15.6. The third-order valence-electron chi connectivity index (χ3n) is 8.31. The highest BCUT2D eigenvalue weighted by molar-refractivity contribution is 7.89. The maximum Gasteiger partial charge on any atom is 0.326 e. The van der Waals surface area contributed by atoms with E-state index in [1.54, 1.807) is 42.5 Å². The van der Waals surface area contributed by atoms with Crippen LogP contribution in [0.15, 0.2) is 64.5 Å². The Bertz CT molecular complexity index is 1530. The summed E-state index contributed by atoms with van der Waals surface area (Å²) in [5.41, 5.74) is 12.1. The minimum atomic E-state index is -3.94. The molecule has 0 aromatic heterocycles. The maximum atomic E-state index is 13.3. The molecule has 3 rings (SSSR count). The lowest BCUT2D eigenvalue weighted by atomic mass is 9.97. The standard InChI is InChI=1S/C34H49N7O7S/c1-37-19-7-3-6-14-31(43)39-27(12-8-20-38-34(35)36)30(42)23-25-17-15-24(16-18-25)22-28(33(45)46)40-32(44)29-13-9-21-41(29)49(47,48)26-10-4-2-5-11-26/h2,4-5,10-11,15-18,27-29,37H,3,6-9,12-14,19-23H2,1H3,(H,39,43)(H,40,44)(H,45,46)(H4,35,36,38)/t27-,28+,29+/m1/s1. The van der Waals surface area contributed by atoms with E-state index >= 15 is 0 Å². The first-order chi connectivity index (χ1) is 23.4. The molecule has 0 radical (unpaired) electrons. The topological polar surface area (TPSA) is 226 Å². The summed E-state index contributed by atoms with van der Waals surface area (Å²) in [6.45, 7) is 1.35. The van der Waals surface area contributed by atoms with Crippen molar-refractivity contribution in [2.75, 3.05) is 26.7 Å². The predicted octanol–water partition coefficient (Wildman–Crippen LogP) is 1.08. The van der Waals surface area contributed by atoms with Gasteiger partial charge < -0.3 is 32.5 Å². The monoisotopic (exact) mass is 699 g/mol. The first-order valence-electron chi connectivity index (χ1n) is 16.6. The van der Waals surface area contributed by atoms with Crippen LogP contribution in [0.4, 0.5) is 0 Å². The number of carboxylic acid groups (broad SMARTS) is 1. The number of sulfonamides is 1. The quantitative estimate of drug-likeness (QED) is 0.0618. The summed E-state index contributed by atoms with van der Waals surface area (Å²) < 4.78 is 27.5. The maximum absolute atomic E-state index is 13.3. The molecule has 14 nitrogen and oxygen atoms in total. The van der Waals surface area contributed by atoms with Crippen molar-refractivity contribution in [3.8, 4) is 0 Å². The van der Waals surface area contributed by atoms with E-state index in [0.717, 1.165) is 23.7 Å². The molecule has 1 saturated heterocycles. The van der Waals surface area contributed by atoms with Gasteiger partial charge in [0.2, 0.25) is 21.8 Å². The average molecular weight is 700 g/mol. The van der Waals surface area contributed by atoms with Crippen LogP contribution >= 0.6 is 0 Å². The number of benzene rings is 2. The van der Waals surface area contributed by atoms with E-state index in [2.05, 4.69) is 20.9 Å². The highest BCUT2D eigenvalue weighted by Crippen LogP contribution is 2.26. The fourth-order valence-electron chi connectivity index (χ4n) is 5.69. The highest BCUT2D eigenvalue weighted by atomic mass is 32.2. The first kappa shape index (κ1) is 39.1. The molecule has 0 aliphatic carbocycles. The number of Topliss-reactive ketones (excluding diaryl/α,β-unsaturated/α-hetero) is 1. The van der Waals surface area contributed by atoms with Crippen LogP contribution in [0.2, 0.25) is 0 Å². The van der Waals surface area contributed by atoms with Gasteiger partial charge in [-0.1, -0.05) is 48.9 Å². The molecule has 268 valence electrons. The first-order valence-corrected chi connectivity index (χ1v) is 18.1. The fourth-order valence-corrected chi connectivity index (χ4v) is 7.36. The molecule has 0 saturated carbocycles. The van der Waals surface area contributed by atoms with E-state index in [9.17, 15) is 32.7 Å². The molecule has 1 aliphatic rings. The number of hydrogen-bond donors (Lipinski definition) is 6. The van der Waals surface area contributed by atoms with Crippen molar-refractivity contribution in [3.63, 3.8) is 0 Å². The number of ketones is 1. The summed E-state index contributed by atoms with van der Waals surface area (Å²) in [6, 6.07) is 11.6. The number of nitrogens with one attached hydrogen (secondary N) is 3. The van der Waals surface area contributed by atoms with Gasteiger partial charge in [0.05, 0.1) is 10.9 Å². The lowest BCUT2D eigenvalue weighted by Gasteiger charge is -2.25. The smallest absolute Gasteiger partial charge is 0.326 e. The van der Waals surface area contributed by atoms with Crippen LogP contribution in [0.5, 0.6) is 0 Å². The molecule has 15 heteroatoms. The number of carbonyl (C=O) groups excluding carboxylic acids is 3. The molecule has 1 fully saturated rings. The van der Waals surface area contributed by atoms with Crippen molar-refractivity contribution >= 4 is 39.5 Å². The van der Waals surface area contributed by atoms with Gasteiger partial charge in [-0.25, -0.2) is 13.2 Å². The van der Waals surface area contributed by atoms with Gasteiger partial charge in [0, 0.05) is 32.4 Å². The molecular formula is C34H49N7O7S. The molecule has 0 bridgehead atoms. The number of aliphatic imine (C=N–C) groups is 1. The number of nitrogens with two attached hydrogens (primary N) is 2. The van der Waals surface area contributed by atoms with Crippen LogP contribution in [0, 0.1) is 0 Å². The lowest BCUT2D eigenvalue weighted by Crippen LogP contribution is -2.51. The van der Waals surface area contributed by atoms with Crippen LogP contribution in [0.1, 0.15) is 62.5 Å². The SMILES string of the molecule is CNCCCCCC(=O)N[C@H](CCCN=C(N)N)C(=O)Cc1ccc(C[C@H](NC(=O)[C@@H]2CCCN2S(=O)(=O)c2ccccc2)C(=O)O)cc1. The molecule has 2 aromatic rings. The summed E-state index contributed by atoms with van der Waals surface area (Å²) in [4.78, 5) is 55.3. The van der Waals surface area contributed by atoms with Gasteiger partial charge in [0.1, 0.15) is 12.1 Å². The minimum Gasteiger partial charge on any atom is -0.480 e. The van der Waals surface area contributed by atoms with Gasteiger partial charge in [-0.3, -0.25) is 19.4 Å². The Morgan fingerprint density at radius 3 is 2.29 bits per heavy atom. The van der Waals surface area contributed by atoms with Gasteiger partial charge in [0.25, 0.3) is 0 Å². The Morgan fingerprint density at radius 1 is 0.939 bits per heavy atom. The summed E-state index contributed by atoms with van der Waals surface area (Å²) in [5, 5.41) is 18.4. The summed E-state index contributed by atoms with van der Waals surface area (Å²) in [6.07, 6.45) is 4.49. The largest absolute Gasteiger partial charge is 0.480 e. The van der Waals surface area contributed by atoms with Gasteiger partial charge in [-0.05, 0) is 75.4 Å². The van der Waals surface area contributed by atoms with Crippen LogP contribution < -0.4 is 27.4 Å². The number of hydrogen-bond acceptors (Lipinski definition) is 8. The number of carboxylic acids is 1. The lowest BCUT2D eigenvalue weighted by molar-refractivity contribution is -0.142. The summed E-state index contributed by atoms with van der Waals surface area (Å²) in [7, 11) is -2.06. The van der Waals surface area contributed by atoms with Gasteiger partial charge >= 0.3 is 5.97 Å². The number of rotatable bonds is 21. The zero-order valence-electron chi connectivity index (χ0n) is 28.0. The molecular weight excluding hydrogens is 650 g/mol. The molecule has 0 spiro atoms. The summed E-state index contributed by atoms with van der Waals surface area (Å²) in [5.74, 6) is -2.35. The second kappa shape index (κ2) is 19.6. The molecule has 0 unspecified atom stereocenters. The van der Waals surface area contributed by atoms with E-state index in [4.69, 9.17) is 11.5 Å². The molecule has 1 heterocycles. The minimum absolute atomic E-state index is 0.0438.